The van der Waals surface area contributed by atoms with E-state index in [-0.39, 0.29) is 0 Å². The topological polar surface area (TPSA) is 28.2 Å². The van der Waals surface area contributed by atoms with Gasteiger partial charge in [0.25, 0.3) is 0 Å². The van der Waals surface area contributed by atoms with Crippen molar-refractivity contribution >= 4 is 11.3 Å². The molecule has 0 bridgehead atoms. The Kier molecular flexibility index (Phi) is 4.68. The fourth-order valence-electron chi connectivity index (χ4n) is 2.95. The summed E-state index contributed by atoms with van der Waals surface area (Å²) in [5.41, 5.74) is 3.73. The van der Waals surface area contributed by atoms with Crippen molar-refractivity contribution in [3.63, 3.8) is 0 Å². The Balaban J connectivity index is 1.62. The lowest BCUT2D eigenvalue weighted by atomic mass is 10.1. The Morgan fingerprint density at radius 2 is 2.14 bits per heavy atom. The van der Waals surface area contributed by atoms with Gasteiger partial charge in [0.1, 0.15) is 5.01 Å². The monoisotopic (exact) mass is 301 g/mol. The van der Waals surface area contributed by atoms with Crippen LogP contribution in [0.15, 0.2) is 29.6 Å². The van der Waals surface area contributed by atoms with E-state index < -0.39 is 0 Å². The summed E-state index contributed by atoms with van der Waals surface area (Å²) < 4.78 is 0. The van der Waals surface area contributed by atoms with Crippen molar-refractivity contribution < 1.29 is 0 Å². The van der Waals surface area contributed by atoms with Crippen molar-refractivity contribution in [1.29, 1.82) is 0 Å². The summed E-state index contributed by atoms with van der Waals surface area (Å²) in [6.07, 6.45) is 1.30. The fourth-order valence-corrected chi connectivity index (χ4v) is 3.77. The highest BCUT2D eigenvalue weighted by Gasteiger charge is 2.22. The lowest BCUT2D eigenvalue weighted by molar-refractivity contribution is 0.312. The molecule has 2 aromatic rings. The smallest absolute Gasteiger partial charge is 0.123 e. The Hall–Kier alpha value is -1.23. The van der Waals surface area contributed by atoms with Gasteiger partial charge in [0, 0.05) is 24.0 Å². The largest absolute Gasteiger partial charge is 0.319 e. The van der Waals surface area contributed by atoms with Gasteiger partial charge in [-0.3, -0.25) is 4.90 Å². The molecule has 2 heterocycles. The molecule has 4 heteroatoms. The number of likely N-dealkylation sites (tertiary alicyclic amines) is 1. The van der Waals surface area contributed by atoms with E-state index in [1.54, 1.807) is 11.3 Å². The predicted molar refractivity (Wildman–Crippen MR) is 89.6 cm³/mol. The van der Waals surface area contributed by atoms with Gasteiger partial charge < -0.3 is 5.32 Å². The summed E-state index contributed by atoms with van der Waals surface area (Å²) in [6.45, 7) is 6.62. The molecule has 1 fully saturated rings. The molecular weight excluding hydrogens is 278 g/mol. The third-order valence-electron chi connectivity index (χ3n) is 4.10. The Morgan fingerprint density at radius 1 is 1.33 bits per heavy atom. The maximum atomic E-state index is 4.81. The average molecular weight is 301 g/mol. The van der Waals surface area contributed by atoms with Crippen LogP contribution in [0.1, 0.15) is 17.7 Å². The zero-order chi connectivity index (χ0) is 14.7. The van der Waals surface area contributed by atoms with Crippen molar-refractivity contribution in [3.05, 3.63) is 40.9 Å². The van der Waals surface area contributed by atoms with Gasteiger partial charge in [-0.15, -0.1) is 11.3 Å². The molecule has 1 aliphatic rings. The number of benzene rings is 1. The van der Waals surface area contributed by atoms with Gasteiger partial charge in [-0.05, 0) is 39.4 Å². The number of thiazole rings is 1. The number of aromatic nitrogens is 1. The fraction of sp³-hybridized carbons (Fsp3) is 0.471. The normalized spacial score (nSPS) is 19.2. The minimum absolute atomic E-state index is 0.796. The zero-order valence-corrected chi connectivity index (χ0v) is 13.6. The van der Waals surface area contributed by atoms with Crippen molar-refractivity contribution in [2.24, 2.45) is 5.92 Å². The molecule has 1 aromatic carbocycles. The molecule has 21 heavy (non-hydrogen) atoms. The third-order valence-corrected chi connectivity index (χ3v) is 5.04. The molecule has 0 radical (unpaired) electrons. The van der Waals surface area contributed by atoms with Crippen LogP contribution < -0.4 is 5.32 Å². The summed E-state index contributed by atoms with van der Waals surface area (Å²) in [6, 6.07) is 8.63. The molecule has 0 saturated carbocycles. The molecule has 1 unspecified atom stereocenters. The second kappa shape index (κ2) is 6.69. The molecule has 0 amide bonds. The van der Waals surface area contributed by atoms with Crippen LogP contribution >= 0.6 is 11.3 Å². The van der Waals surface area contributed by atoms with E-state index in [2.05, 4.69) is 46.8 Å². The summed E-state index contributed by atoms with van der Waals surface area (Å²) in [7, 11) is 2.04. The number of hydrogen-bond donors (Lipinski definition) is 1. The molecule has 1 aromatic heterocycles. The van der Waals surface area contributed by atoms with Crippen LogP contribution in [0.5, 0.6) is 0 Å². The highest BCUT2D eigenvalue weighted by molar-refractivity contribution is 7.13. The molecule has 1 aliphatic heterocycles. The lowest BCUT2D eigenvalue weighted by Gasteiger charge is -2.14. The molecule has 3 rings (SSSR count). The predicted octanol–water partition coefficient (Wildman–Crippen LogP) is 3.16. The minimum Gasteiger partial charge on any atom is -0.319 e. The van der Waals surface area contributed by atoms with E-state index in [1.807, 2.05) is 7.05 Å². The molecule has 0 aliphatic carbocycles. The maximum absolute atomic E-state index is 4.81. The van der Waals surface area contributed by atoms with Crippen molar-refractivity contribution in [3.8, 4) is 10.6 Å². The average Bonchev–Trinajstić information content (AvgIpc) is 3.11. The third kappa shape index (κ3) is 3.70. The summed E-state index contributed by atoms with van der Waals surface area (Å²) in [5.74, 6) is 0.796. The Morgan fingerprint density at radius 3 is 2.90 bits per heavy atom. The standard InChI is InChI=1S/C17H23N3S/c1-13-3-5-15(6-4-13)17-19-16(12-21-17)11-20-8-7-14(10-20)9-18-2/h3-6,12,14,18H,7-11H2,1-2H3. The van der Waals surface area contributed by atoms with Crippen LogP contribution in [0, 0.1) is 12.8 Å². The molecule has 1 atom stereocenters. The minimum atomic E-state index is 0.796. The molecule has 0 spiro atoms. The molecule has 1 saturated heterocycles. The van der Waals surface area contributed by atoms with Crippen LogP contribution in [-0.2, 0) is 6.54 Å². The van der Waals surface area contributed by atoms with Crippen LogP contribution in [-0.4, -0.2) is 36.6 Å². The highest BCUT2D eigenvalue weighted by atomic mass is 32.1. The Bertz CT molecular complexity index is 576. The summed E-state index contributed by atoms with van der Waals surface area (Å²) >= 11 is 1.75. The number of rotatable bonds is 5. The van der Waals surface area contributed by atoms with Crippen LogP contribution in [0.2, 0.25) is 0 Å². The molecule has 112 valence electrons. The summed E-state index contributed by atoms with van der Waals surface area (Å²) in [5, 5.41) is 6.63. The quantitative estimate of drug-likeness (QED) is 0.919. The first kappa shape index (κ1) is 14.7. The van der Waals surface area contributed by atoms with Crippen molar-refractivity contribution in [1.82, 2.24) is 15.2 Å². The van der Waals surface area contributed by atoms with Gasteiger partial charge in [-0.1, -0.05) is 29.8 Å². The lowest BCUT2D eigenvalue weighted by Crippen LogP contribution is -2.24. The van der Waals surface area contributed by atoms with Gasteiger partial charge in [-0.2, -0.15) is 0 Å². The maximum Gasteiger partial charge on any atom is 0.123 e. The first-order valence-corrected chi connectivity index (χ1v) is 8.51. The second-order valence-corrected chi connectivity index (χ2v) is 6.82. The van der Waals surface area contributed by atoms with Gasteiger partial charge in [-0.25, -0.2) is 4.98 Å². The van der Waals surface area contributed by atoms with Crippen molar-refractivity contribution in [2.75, 3.05) is 26.7 Å². The molecular formula is C17H23N3S. The number of nitrogens with zero attached hydrogens (tertiary/aromatic N) is 2. The van der Waals surface area contributed by atoms with Gasteiger partial charge >= 0.3 is 0 Å². The van der Waals surface area contributed by atoms with E-state index >= 15 is 0 Å². The van der Waals surface area contributed by atoms with Crippen LogP contribution in [0.25, 0.3) is 10.6 Å². The highest BCUT2D eigenvalue weighted by Crippen LogP contribution is 2.25. The SMILES string of the molecule is CNCC1CCN(Cc2csc(-c3ccc(C)cc3)n2)C1. The summed E-state index contributed by atoms with van der Waals surface area (Å²) in [4.78, 5) is 7.33. The number of nitrogens with one attached hydrogen (secondary N) is 1. The van der Waals surface area contributed by atoms with Gasteiger partial charge in [0.05, 0.1) is 5.69 Å². The first-order chi connectivity index (χ1) is 10.2. The van der Waals surface area contributed by atoms with E-state index in [0.29, 0.717) is 0 Å². The number of aryl methyl sites for hydroxylation is 1. The van der Waals surface area contributed by atoms with Crippen LogP contribution in [0.3, 0.4) is 0 Å². The van der Waals surface area contributed by atoms with E-state index in [1.165, 1.54) is 36.3 Å². The second-order valence-electron chi connectivity index (χ2n) is 5.96. The van der Waals surface area contributed by atoms with E-state index in [0.717, 1.165) is 24.0 Å². The van der Waals surface area contributed by atoms with E-state index in [9.17, 15) is 0 Å². The number of hydrogen-bond acceptors (Lipinski definition) is 4. The molecule has 1 N–H and O–H groups in total. The first-order valence-electron chi connectivity index (χ1n) is 7.63. The van der Waals surface area contributed by atoms with Gasteiger partial charge in [0.2, 0.25) is 0 Å². The van der Waals surface area contributed by atoms with Crippen LogP contribution in [0.4, 0.5) is 0 Å². The molecule has 3 nitrogen and oxygen atoms in total. The van der Waals surface area contributed by atoms with E-state index in [4.69, 9.17) is 4.98 Å². The van der Waals surface area contributed by atoms with Crippen molar-refractivity contribution in [2.45, 2.75) is 19.9 Å². The van der Waals surface area contributed by atoms with Gasteiger partial charge in [0.15, 0.2) is 0 Å². The zero-order valence-electron chi connectivity index (χ0n) is 12.8. The Labute approximate surface area is 131 Å².